The van der Waals surface area contributed by atoms with E-state index in [-0.39, 0.29) is 13.1 Å². The van der Waals surface area contributed by atoms with Crippen LogP contribution in [0.4, 0.5) is 8.78 Å². The van der Waals surface area contributed by atoms with Crippen molar-refractivity contribution in [2.75, 3.05) is 26.3 Å². The predicted molar refractivity (Wildman–Crippen MR) is 78.8 cm³/mol. The Labute approximate surface area is 138 Å². The van der Waals surface area contributed by atoms with Crippen molar-refractivity contribution in [3.63, 3.8) is 0 Å². The maximum atomic E-state index is 13.5. The molecule has 0 aromatic heterocycles. The summed E-state index contributed by atoms with van der Waals surface area (Å²) in [5.41, 5.74) is -0.609. The van der Waals surface area contributed by atoms with E-state index in [9.17, 15) is 27.2 Å². The van der Waals surface area contributed by atoms with Gasteiger partial charge in [-0.2, -0.15) is 4.31 Å². The Balaban J connectivity index is 1.90. The number of hydrogen-bond donors (Lipinski definition) is 2. The number of halogens is 2. The first kappa shape index (κ1) is 17.7. The van der Waals surface area contributed by atoms with Crippen LogP contribution >= 0.6 is 0 Å². The second-order valence-electron chi connectivity index (χ2n) is 5.69. The highest BCUT2D eigenvalue weighted by atomic mass is 32.2. The number of rotatable bonds is 3. The molecule has 0 aliphatic carbocycles. The van der Waals surface area contributed by atoms with E-state index in [2.05, 4.69) is 0 Å². The van der Waals surface area contributed by atoms with Crippen LogP contribution in [0.5, 0.6) is 0 Å². The average Bonchev–Trinajstić information content (AvgIpc) is 2.97. The van der Waals surface area contributed by atoms with Gasteiger partial charge >= 0.3 is 7.12 Å². The van der Waals surface area contributed by atoms with Gasteiger partial charge in [-0.15, -0.1) is 0 Å². The summed E-state index contributed by atoms with van der Waals surface area (Å²) in [6, 6.07) is 0.938. The van der Waals surface area contributed by atoms with Gasteiger partial charge in [0.25, 0.3) is 0 Å². The standard InChI is InChI=1S/C13H16BF2NO6S/c15-10-7-9(14(18)19)12(8-11(10)16)24(20,21)17-3-1-13(2-4-17)22-5-6-23-13/h7-8,18-19H,1-6H2. The highest BCUT2D eigenvalue weighted by molar-refractivity contribution is 7.89. The van der Waals surface area contributed by atoms with E-state index in [0.29, 0.717) is 38.2 Å². The van der Waals surface area contributed by atoms with Crippen molar-refractivity contribution in [3.05, 3.63) is 23.8 Å². The van der Waals surface area contributed by atoms with Crippen LogP contribution < -0.4 is 5.46 Å². The summed E-state index contributed by atoms with van der Waals surface area (Å²) in [6.45, 7) is 0.998. The van der Waals surface area contributed by atoms with Gasteiger partial charge in [-0.1, -0.05) is 0 Å². The Morgan fingerprint density at radius 3 is 2.17 bits per heavy atom. The molecule has 11 heteroatoms. The first-order valence-corrected chi connectivity index (χ1v) is 8.82. The number of hydrogen-bond acceptors (Lipinski definition) is 6. The summed E-state index contributed by atoms with van der Waals surface area (Å²) in [5.74, 6) is -3.53. The van der Waals surface area contributed by atoms with Crippen molar-refractivity contribution in [3.8, 4) is 0 Å². The summed E-state index contributed by atoms with van der Waals surface area (Å²) in [7, 11) is -6.48. The number of nitrogens with zero attached hydrogens (tertiary/aromatic N) is 1. The molecule has 1 spiro atoms. The molecule has 2 aliphatic rings. The molecular weight excluding hydrogens is 347 g/mol. The SMILES string of the molecule is O=S(=O)(c1cc(F)c(F)cc1B(O)O)N1CCC2(CC1)OCCO2. The normalized spacial score (nSPS) is 21.3. The molecule has 2 N–H and O–H groups in total. The molecule has 0 unspecified atom stereocenters. The van der Waals surface area contributed by atoms with E-state index in [1.807, 2.05) is 0 Å². The van der Waals surface area contributed by atoms with Crippen molar-refractivity contribution in [2.24, 2.45) is 0 Å². The molecule has 0 saturated carbocycles. The smallest absolute Gasteiger partial charge is 0.423 e. The van der Waals surface area contributed by atoms with Crippen molar-refractivity contribution in [1.82, 2.24) is 4.31 Å². The zero-order valence-electron chi connectivity index (χ0n) is 12.6. The number of piperidine rings is 1. The fourth-order valence-electron chi connectivity index (χ4n) is 2.96. The molecule has 7 nitrogen and oxygen atoms in total. The summed E-state index contributed by atoms with van der Waals surface area (Å²) >= 11 is 0. The molecule has 24 heavy (non-hydrogen) atoms. The molecule has 0 radical (unpaired) electrons. The minimum Gasteiger partial charge on any atom is -0.423 e. The minimum absolute atomic E-state index is 0.0578. The van der Waals surface area contributed by atoms with E-state index >= 15 is 0 Å². The topological polar surface area (TPSA) is 96.3 Å². The Hall–Kier alpha value is -1.11. The lowest BCUT2D eigenvalue weighted by Gasteiger charge is -2.37. The molecule has 2 saturated heterocycles. The number of ether oxygens (including phenoxy) is 2. The van der Waals surface area contributed by atoms with Gasteiger partial charge in [0.1, 0.15) is 0 Å². The maximum absolute atomic E-state index is 13.5. The summed E-state index contributed by atoms with van der Waals surface area (Å²) in [6.07, 6.45) is 0.597. The van der Waals surface area contributed by atoms with Crippen LogP contribution in [0.25, 0.3) is 0 Å². The lowest BCUT2D eigenvalue weighted by Crippen LogP contribution is -2.48. The van der Waals surface area contributed by atoms with Gasteiger partial charge in [0.2, 0.25) is 10.0 Å². The van der Waals surface area contributed by atoms with Crippen LogP contribution in [-0.2, 0) is 19.5 Å². The average molecular weight is 363 g/mol. The number of sulfonamides is 1. The molecule has 1 aromatic carbocycles. The molecule has 2 heterocycles. The van der Waals surface area contributed by atoms with Gasteiger partial charge in [-0.05, 0) is 12.1 Å². The van der Waals surface area contributed by atoms with Gasteiger partial charge < -0.3 is 19.5 Å². The Morgan fingerprint density at radius 1 is 1.08 bits per heavy atom. The van der Waals surface area contributed by atoms with Crippen LogP contribution in [0, 0.1) is 11.6 Å². The molecule has 2 fully saturated rings. The van der Waals surface area contributed by atoms with Gasteiger partial charge in [-0.3, -0.25) is 0 Å². The van der Waals surface area contributed by atoms with E-state index in [1.54, 1.807) is 0 Å². The summed E-state index contributed by atoms with van der Waals surface area (Å²) in [5, 5.41) is 18.6. The largest absolute Gasteiger partial charge is 0.489 e. The monoisotopic (exact) mass is 363 g/mol. The van der Waals surface area contributed by atoms with Crippen LogP contribution in [0.1, 0.15) is 12.8 Å². The van der Waals surface area contributed by atoms with Crippen LogP contribution in [0.3, 0.4) is 0 Å². The van der Waals surface area contributed by atoms with Crippen molar-refractivity contribution in [1.29, 1.82) is 0 Å². The quantitative estimate of drug-likeness (QED) is 0.681. The van der Waals surface area contributed by atoms with Crippen LogP contribution in [-0.4, -0.2) is 62.0 Å². The van der Waals surface area contributed by atoms with E-state index in [0.717, 1.165) is 4.31 Å². The lowest BCUT2D eigenvalue weighted by atomic mass is 9.80. The third kappa shape index (κ3) is 3.07. The minimum atomic E-state index is -4.23. The van der Waals surface area contributed by atoms with Crippen LogP contribution in [0.15, 0.2) is 17.0 Å². The van der Waals surface area contributed by atoms with Crippen molar-refractivity contribution in [2.45, 2.75) is 23.5 Å². The zero-order valence-corrected chi connectivity index (χ0v) is 13.4. The Morgan fingerprint density at radius 2 is 1.62 bits per heavy atom. The third-order valence-corrected chi connectivity index (χ3v) is 6.20. The third-order valence-electron chi connectivity index (χ3n) is 4.25. The highest BCUT2D eigenvalue weighted by Gasteiger charge is 2.43. The molecule has 3 rings (SSSR count). The van der Waals surface area contributed by atoms with Gasteiger partial charge in [0, 0.05) is 31.4 Å². The van der Waals surface area contributed by atoms with Gasteiger partial charge in [-0.25, -0.2) is 17.2 Å². The number of benzene rings is 1. The lowest BCUT2D eigenvalue weighted by molar-refractivity contribution is -0.179. The molecule has 0 atom stereocenters. The molecular formula is C13H16BF2NO6S. The molecule has 0 amide bonds. The van der Waals surface area contributed by atoms with Gasteiger partial charge in [0.05, 0.1) is 18.1 Å². The van der Waals surface area contributed by atoms with E-state index < -0.39 is 44.9 Å². The second-order valence-corrected chi connectivity index (χ2v) is 7.60. The molecule has 132 valence electrons. The first-order valence-electron chi connectivity index (χ1n) is 7.38. The van der Waals surface area contributed by atoms with E-state index in [4.69, 9.17) is 9.47 Å². The van der Waals surface area contributed by atoms with Crippen molar-refractivity contribution < 1.29 is 36.7 Å². The summed E-state index contributed by atoms with van der Waals surface area (Å²) < 4.78 is 64.3. The maximum Gasteiger partial charge on any atom is 0.489 e. The van der Waals surface area contributed by atoms with Crippen LogP contribution in [0.2, 0.25) is 0 Å². The first-order chi connectivity index (χ1) is 11.3. The Bertz CT molecular complexity index is 728. The Kier molecular flexibility index (Phi) is 4.66. The highest BCUT2D eigenvalue weighted by Crippen LogP contribution is 2.33. The molecule has 2 aliphatic heterocycles. The molecule has 0 bridgehead atoms. The zero-order chi connectivity index (χ0) is 17.5. The fraction of sp³-hybridized carbons (Fsp3) is 0.538. The molecule has 1 aromatic rings. The van der Waals surface area contributed by atoms with Crippen molar-refractivity contribution >= 4 is 22.6 Å². The fourth-order valence-corrected chi connectivity index (χ4v) is 4.62. The predicted octanol–water partition coefficient (Wildman–Crippen LogP) is -0.828. The summed E-state index contributed by atoms with van der Waals surface area (Å²) in [4.78, 5) is -0.666. The van der Waals surface area contributed by atoms with E-state index in [1.165, 1.54) is 0 Å². The second kappa shape index (κ2) is 6.32. The van der Waals surface area contributed by atoms with Gasteiger partial charge in [0.15, 0.2) is 17.4 Å².